The number of ether oxygens (including phenoxy) is 1. The molecule has 1 atom stereocenters. The molecule has 0 heterocycles. The summed E-state index contributed by atoms with van der Waals surface area (Å²) in [7, 11) is 0. The number of hydrogen-bond acceptors (Lipinski definition) is 3. The van der Waals surface area contributed by atoms with Crippen molar-refractivity contribution in [3.63, 3.8) is 0 Å². The second-order valence-corrected chi connectivity index (χ2v) is 4.99. The zero-order chi connectivity index (χ0) is 15.7. The molecular weight excluding hydrogens is 270 g/mol. The van der Waals surface area contributed by atoms with Crippen LogP contribution in [0.15, 0.2) is 24.3 Å². The molecule has 0 spiro atoms. The summed E-state index contributed by atoms with van der Waals surface area (Å²) >= 11 is 0. The van der Waals surface area contributed by atoms with Crippen molar-refractivity contribution in [3.8, 4) is 5.75 Å². The first-order chi connectivity index (χ1) is 10.0. The van der Waals surface area contributed by atoms with E-state index in [0.29, 0.717) is 32.4 Å². The average Bonchev–Trinajstić information content (AvgIpc) is 2.45. The van der Waals surface area contributed by atoms with Gasteiger partial charge < -0.3 is 15.2 Å². The van der Waals surface area contributed by atoms with E-state index in [1.165, 1.54) is 0 Å². The molecule has 0 aliphatic heterocycles. The van der Waals surface area contributed by atoms with Gasteiger partial charge in [-0.15, -0.1) is 0 Å². The lowest BCUT2D eigenvalue weighted by molar-refractivity contribution is -0.141. The minimum absolute atomic E-state index is 0.0536. The Labute approximate surface area is 125 Å². The fourth-order valence-corrected chi connectivity index (χ4v) is 1.88. The molecule has 1 aromatic carbocycles. The molecule has 0 aliphatic carbocycles. The third-order valence-corrected chi connectivity index (χ3v) is 3.16. The summed E-state index contributed by atoms with van der Waals surface area (Å²) < 4.78 is 5.34. The average molecular weight is 293 g/mol. The Kier molecular flexibility index (Phi) is 7.29. The molecule has 1 unspecified atom stereocenters. The zero-order valence-electron chi connectivity index (χ0n) is 12.6. The molecule has 1 aromatic rings. The predicted molar refractivity (Wildman–Crippen MR) is 80.4 cm³/mol. The van der Waals surface area contributed by atoms with Gasteiger partial charge >= 0.3 is 5.97 Å². The van der Waals surface area contributed by atoms with Gasteiger partial charge in [0, 0.05) is 6.54 Å². The van der Waals surface area contributed by atoms with E-state index in [1.54, 1.807) is 6.92 Å². The van der Waals surface area contributed by atoms with Crippen molar-refractivity contribution in [1.29, 1.82) is 0 Å². The Morgan fingerprint density at radius 1 is 1.29 bits per heavy atom. The van der Waals surface area contributed by atoms with Crippen molar-refractivity contribution >= 4 is 11.9 Å². The summed E-state index contributed by atoms with van der Waals surface area (Å²) in [6.07, 6.45) is 1.56. The van der Waals surface area contributed by atoms with Crippen molar-refractivity contribution in [2.75, 3.05) is 13.2 Å². The number of nitrogens with one attached hydrogen (secondary N) is 1. The maximum absolute atomic E-state index is 11.7. The minimum atomic E-state index is -0.796. The Bertz CT molecular complexity index is 456. The van der Waals surface area contributed by atoms with Gasteiger partial charge in [-0.05, 0) is 37.5 Å². The lowest BCUT2D eigenvalue weighted by atomic mass is 10.1. The standard InChI is InChI=1S/C16H23NO4/c1-3-21-14-8-6-13(7-9-14)11-15(18)17-10-4-5-12(2)16(19)20/h6-9,12H,3-5,10-11H2,1-2H3,(H,17,18)(H,19,20). The molecule has 0 fully saturated rings. The van der Waals surface area contributed by atoms with Crippen LogP contribution in [0.5, 0.6) is 5.75 Å². The minimum Gasteiger partial charge on any atom is -0.494 e. The van der Waals surface area contributed by atoms with E-state index in [1.807, 2.05) is 31.2 Å². The third kappa shape index (κ3) is 6.79. The highest BCUT2D eigenvalue weighted by molar-refractivity contribution is 5.78. The lowest BCUT2D eigenvalue weighted by Crippen LogP contribution is -2.26. The molecule has 0 radical (unpaired) electrons. The van der Waals surface area contributed by atoms with Crippen LogP contribution in [0.1, 0.15) is 32.3 Å². The van der Waals surface area contributed by atoms with Crippen LogP contribution >= 0.6 is 0 Å². The molecule has 0 bridgehead atoms. The quantitative estimate of drug-likeness (QED) is 0.685. The Hall–Kier alpha value is -2.04. The van der Waals surface area contributed by atoms with Gasteiger partial charge in [-0.2, -0.15) is 0 Å². The third-order valence-electron chi connectivity index (χ3n) is 3.16. The molecule has 2 N–H and O–H groups in total. The fourth-order valence-electron chi connectivity index (χ4n) is 1.88. The molecule has 5 heteroatoms. The van der Waals surface area contributed by atoms with Crippen LogP contribution in [0.3, 0.4) is 0 Å². The first-order valence-electron chi connectivity index (χ1n) is 7.24. The zero-order valence-corrected chi connectivity index (χ0v) is 12.6. The molecule has 1 rings (SSSR count). The summed E-state index contributed by atoms with van der Waals surface area (Å²) in [4.78, 5) is 22.4. The number of carbonyl (C=O) groups excluding carboxylic acids is 1. The van der Waals surface area contributed by atoms with Crippen molar-refractivity contribution in [2.45, 2.75) is 33.1 Å². The topological polar surface area (TPSA) is 75.6 Å². The van der Waals surface area contributed by atoms with Crippen LogP contribution in [0.4, 0.5) is 0 Å². The van der Waals surface area contributed by atoms with Crippen molar-refractivity contribution in [2.24, 2.45) is 5.92 Å². The maximum atomic E-state index is 11.7. The van der Waals surface area contributed by atoms with Gasteiger partial charge in [0.25, 0.3) is 0 Å². The van der Waals surface area contributed by atoms with Gasteiger partial charge in [-0.25, -0.2) is 0 Å². The van der Waals surface area contributed by atoms with Crippen LogP contribution in [0, 0.1) is 5.92 Å². The molecule has 116 valence electrons. The van der Waals surface area contributed by atoms with Gasteiger partial charge in [-0.3, -0.25) is 9.59 Å². The highest BCUT2D eigenvalue weighted by Gasteiger charge is 2.10. The maximum Gasteiger partial charge on any atom is 0.306 e. The summed E-state index contributed by atoms with van der Waals surface area (Å²) in [6, 6.07) is 7.44. The lowest BCUT2D eigenvalue weighted by Gasteiger charge is -2.08. The van der Waals surface area contributed by atoms with E-state index in [0.717, 1.165) is 11.3 Å². The number of benzene rings is 1. The Morgan fingerprint density at radius 3 is 2.52 bits per heavy atom. The summed E-state index contributed by atoms with van der Waals surface area (Å²) in [5.41, 5.74) is 0.926. The monoisotopic (exact) mass is 293 g/mol. The number of hydrogen-bond donors (Lipinski definition) is 2. The van der Waals surface area contributed by atoms with E-state index in [9.17, 15) is 9.59 Å². The van der Waals surface area contributed by atoms with Crippen molar-refractivity contribution in [1.82, 2.24) is 5.32 Å². The summed E-state index contributed by atoms with van der Waals surface area (Å²) in [6.45, 7) is 4.72. The van der Waals surface area contributed by atoms with Crippen LogP contribution in [-0.4, -0.2) is 30.1 Å². The van der Waals surface area contributed by atoms with E-state index in [2.05, 4.69) is 5.32 Å². The first-order valence-corrected chi connectivity index (χ1v) is 7.24. The van der Waals surface area contributed by atoms with Gasteiger partial charge in [-0.1, -0.05) is 19.1 Å². The number of amides is 1. The molecule has 21 heavy (non-hydrogen) atoms. The van der Waals surface area contributed by atoms with E-state index < -0.39 is 5.97 Å². The highest BCUT2D eigenvalue weighted by Crippen LogP contribution is 2.12. The Balaban J connectivity index is 2.25. The van der Waals surface area contributed by atoms with Crippen LogP contribution in [0.25, 0.3) is 0 Å². The molecule has 5 nitrogen and oxygen atoms in total. The van der Waals surface area contributed by atoms with E-state index >= 15 is 0 Å². The normalized spacial score (nSPS) is 11.7. The van der Waals surface area contributed by atoms with Gasteiger partial charge in [0.1, 0.15) is 5.75 Å². The molecule has 1 amide bonds. The number of rotatable bonds is 9. The highest BCUT2D eigenvalue weighted by atomic mass is 16.5. The van der Waals surface area contributed by atoms with Crippen molar-refractivity contribution < 1.29 is 19.4 Å². The van der Waals surface area contributed by atoms with E-state index in [4.69, 9.17) is 9.84 Å². The molecular formula is C16H23NO4. The summed E-state index contributed by atoms with van der Waals surface area (Å²) in [5, 5.41) is 11.6. The number of carbonyl (C=O) groups is 2. The first kappa shape index (κ1) is 17.0. The molecule has 0 saturated heterocycles. The van der Waals surface area contributed by atoms with E-state index in [-0.39, 0.29) is 11.8 Å². The fraction of sp³-hybridized carbons (Fsp3) is 0.500. The summed E-state index contributed by atoms with van der Waals surface area (Å²) in [5.74, 6) is -0.421. The second kappa shape index (κ2) is 9.00. The van der Waals surface area contributed by atoms with Crippen LogP contribution in [-0.2, 0) is 16.0 Å². The van der Waals surface area contributed by atoms with Crippen molar-refractivity contribution in [3.05, 3.63) is 29.8 Å². The van der Waals surface area contributed by atoms with Gasteiger partial charge in [0.2, 0.25) is 5.91 Å². The largest absolute Gasteiger partial charge is 0.494 e. The molecule has 0 aliphatic rings. The van der Waals surface area contributed by atoms with Crippen LogP contribution < -0.4 is 10.1 Å². The second-order valence-electron chi connectivity index (χ2n) is 4.99. The Morgan fingerprint density at radius 2 is 1.95 bits per heavy atom. The smallest absolute Gasteiger partial charge is 0.306 e. The predicted octanol–water partition coefficient (Wildman–Crippen LogP) is 2.24. The number of carboxylic acids is 1. The van der Waals surface area contributed by atoms with Gasteiger partial charge in [0.05, 0.1) is 18.9 Å². The van der Waals surface area contributed by atoms with Crippen LogP contribution in [0.2, 0.25) is 0 Å². The molecule has 0 aromatic heterocycles. The number of aliphatic carboxylic acids is 1. The molecule has 0 saturated carbocycles. The van der Waals surface area contributed by atoms with Gasteiger partial charge in [0.15, 0.2) is 0 Å². The number of carboxylic acid groups (broad SMARTS) is 1. The SMILES string of the molecule is CCOc1ccc(CC(=O)NCCCC(C)C(=O)O)cc1.